The number of hydrogen-bond acceptors (Lipinski definition) is 4. The lowest BCUT2D eigenvalue weighted by molar-refractivity contribution is 0.174. The summed E-state index contributed by atoms with van der Waals surface area (Å²) in [6.45, 7) is 7.46. The summed E-state index contributed by atoms with van der Waals surface area (Å²) in [5.74, 6) is 2.35. The molecule has 2 aliphatic rings. The van der Waals surface area contributed by atoms with Crippen molar-refractivity contribution in [1.29, 1.82) is 0 Å². The van der Waals surface area contributed by atoms with Gasteiger partial charge in [-0.2, -0.15) is 0 Å². The standard InChI is InChI=1S/C19H26O4/c1-4-14(6-9-18-19(3,5-2)23-18)10-11-20-15-7-8-16-17(12-15)22-13-21-16/h7-8,10,12,18H,4-6,9,11,13H2,1-3H3/b14-10-. The molecule has 0 radical (unpaired) electrons. The summed E-state index contributed by atoms with van der Waals surface area (Å²) in [6.07, 6.45) is 6.96. The van der Waals surface area contributed by atoms with Crippen LogP contribution in [0.1, 0.15) is 46.5 Å². The van der Waals surface area contributed by atoms with E-state index in [9.17, 15) is 0 Å². The number of epoxide rings is 1. The van der Waals surface area contributed by atoms with E-state index >= 15 is 0 Å². The Balaban J connectivity index is 1.46. The van der Waals surface area contributed by atoms with E-state index in [-0.39, 0.29) is 5.60 Å². The molecular weight excluding hydrogens is 292 g/mol. The first kappa shape index (κ1) is 16.2. The second kappa shape index (κ2) is 6.83. The molecule has 0 aromatic heterocycles. The van der Waals surface area contributed by atoms with Crippen LogP contribution in [0.25, 0.3) is 0 Å². The molecule has 23 heavy (non-hydrogen) atoms. The number of hydrogen-bond donors (Lipinski definition) is 0. The van der Waals surface area contributed by atoms with E-state index in [4.69, 9.17) is 18.9 Å². The van der Waals surface area contributed by atoms with Crippen molar-refractivity contribution >= 4 is 0 Å². The Morgan fingerprint density at radius 3 is 2.87 bits per heavy atom. The van der Waals surface area contributed by atoms with Crippen molar-refractivity contribution in [3.05, 3.63) is 29.8 Å². The molecule has 2 heterocycles. The minimum Gasteiger partial charge on any atom is -0.489 e. The van der Waals surface area contributed by atoms with Crippen molar-refractivity contribution in [2.45, 2.75) is 58.2 Å². The van der Waals surface area contributed by atoms with Crippen LogP contribution in [-0.4, -0.2) is 25.1 Å². The fraction of sp³-hybridized carbons (Fsp3) is 0.579. The van der Waals surface area contributed by atoms with E-state index in [2.05, 4.69) is 26.8 Å². The van der Waals surface area contributed by atoms with Gasteiger partial charge in [0.05, 0.1) is 11.7 Å². The van der Waals surface area contributed by atoms with Gasteiger partial charge in [0, 0.05) is 6.07 Å². The minimum absolute atomic E-state index is 0.127. The summed E-state index contributed by atoms with van der Waals surface area (Å²) in [4.78, 5) is 0. The lowest BCUT2D eigenvalue weighted by atomic mass is 9.98. The van der Waals surface area contributed by atoms with Crippen molar-refractivity contribution in [3.63, 3.8) is 0 Å². The quantitative estimate of drug-likeness (QED) is 0.523. The maximum Gasteiger partial charge on any atom is 0.231 e. The molecule has 4 heteroatoms. The molecule has 4 nitrogen and oxygen atoms in total. The molecule has 2 atom stereocenters. The van der Waals surface area contributed by atoms with Gasteiger partial charge in [-0.25, -0.2) is 0 Å². The minimum atomic E-state index is 0.127. The zero-order valence-electron chi connectivity index (χ0n) is 14.3. The fourth-order valence-corrected chi connectivity index (χ4v) is 2.93. The number of fused-ring (bicyclic) bond motifs is 1. The first-order valence-electron chi connectivity index (χ1n) is 8.52. The molecule has 0 saturated carbocycles. The van der Waals surface area contributed by atoms with Gasteiger partial charge >= 0.3 is 0 Å². The zero-order valence-corrected chi connectivity index (χ0v) is 14.3. The van der Waals surface area contributed by atoms with Crippen LogP contribution in [0.5, 0.6) is 17.2 Å². The Kier molecular flexibility index (Phi) is 4.81. The predicted octanol–water partition coefficient (Wildman–Crippen LogP) is 4.48. The average Bonchev–Trinajstić information content (AvgIpc) is 3.01. The second-order valence-corrected chi connectivity index (χ2v) is 6.35. The molecular formula is C19H26O4. The van der Waals surface area contributed by atoms with Gasteiger partial charge in [0.2, 0.25) is 6.79 Å². The van der Waals surface area contributed by atoms with Crippen LogP contribution >= 0.6 is 0 Å². The molecule has 1 fully saturated rings. The highest BCUT2D eigenvalue weighted by atomic mass is 16.7. The largest absolute Gasteiger partial charge is 0.489 e. The molecule has 2 aliphatic heterocycles. The third-order valence-electron chi connectivity index (χ3n) is 4.89. The van der Waals surface area contributed by atoms with Gasteiger partial charge in [-0.3, -0.25) is 0 Å². The summed E-state index contributed by atoms with van der Waals surface area (Å²) in [5, 5.41) is 0. The molecule has 1 aromatic carbocycles. The Labute approximate surface area is 138 Å². The van der Waals surface area contributed by atoms with Gasteiger partial charge in [-0.05, 0) is 50.8 Å². The van der Waals surface area contributed by atoms with Crippen molar-refractivity contribution in [1.82, 2.24) is 0 Å². The first-order chi connectivity index (χ1) is 11.1. The molecule has 0 N–H and O–H groups in total. The molecule has 3 rings (SSSR count). The monoisotopic (exact) mass is 318 g/mol. The van der Waals surface area contributed by atoms with Crippen molar-refractivity contribution < 1.29 is 18.9 Å². The van der Waals surface area contributed by atoms with Crippen LogP contribution < -0.4 is 14.2 Å². The predicted molar refractivity (Wildman–Crippen MR) is 89.2 cm³/mol. The van der Waals surface area contributed by atoms with Gasteiger partial charge in [-0.1, -0.05) is 19.4 Å². The van der Waals surface area contributed by atoms with Crippen molar-refractivity contribution in [2.24, 2.45) is 0 Å². The molecule has 0 spiro atoms. The molecule has 0 amide bonds. The number of ether oxygens (including phenoxy) is 4. The number of allylic oxidation sites excluding steroid dienone is 1. The highest BCUT2D eigenvalue weighted by Crippen LogP contribution is 2.42. The van der Waals surface area contributed by atoms with Gasteiger partial charge in [0.25, 0.3) is 0 Å². The first-order valence-corrected chi connectivity index (χ1v) is 8.52. The topological polar surface area (TPSA) is 40.2 Å². The number of rotatable bonds is 8. The molecule has 0 aliphatic carbocycles. The number of benzene rings is 1. The average molecular weight is 318 g/mol. The molecule has 0 bridgehead atoms. The van der Waals surface area contributed by atoms with Crippen molar-refractivity contribution in [3.8, 4) is 17.2 Å². The van der Waals surface area contributed by atoms with E-state index in [1.807, 2.05) is 18.2 Å². The summed E-state index contributed by atoms with van der Waals surface area (Å²) in [5.41, 5.74) is 1.56. The van der Waals surface area contributed by atoms with Gasteiger partial charge in [0.15, 0.2) is 11.5 Å². The Bertz CT molecular complexity index is 581. The summed E-state index contributed by atoms with van der Waals surface area (Å²) in [6, 6.07) is 5.68. The summed E-state index contributed by atoms with van der Waals surface area (Å²) >= 11 is 0. The highest BCUT2D eigenvalue weighted by Gasteiger charge is 2.49. The van der Waals surface area contributed by atoms with Crippen LogP contribution in [0.2, 0.25) is 0 Å². The van der Waals surface area contributed by atoms with E-state index in [0.717, 1.165) is 42.9 Å². The third-order valence-corrected chi connectivity index (χ3v) is 4.89. The van der Waals surface area contributed by atoms with Crippen LogP contribution in [0, 0.1) is 0 Å². The van der Waals surface area contributed by atoms with Crippen LogP contribution in [0.4, 0.5) is 0 Å². The lowest BCUT2D eigenvalue weighted by Crippen LogP contribution is -2.07. The zero-order chi connectivity index (χ0) is 16.3. The van der Waals surface area contributed by atoms with Crippen molar-refractivity contribution in [2.75, 3.05) is 13.4 Å². The SMILES string of the molecule is CC/C(=C/COc1ccc2c(c1)OCO2)CCC1OC1(C)CC. The Morgan fingerprint density at radius 1 is 1.30 bits per heavy atom. The smallest absolute Gasteiger partial charge is 0.231 e. The third kappa shape index (κ3) is 3.81. The maximum atomic E-state index is 5.80. The van der Waals surface area contributed by atoms with E-state index in [1.165, 1.54) is 5.57 Å². The normalized spacial score (nSPS) is 25.5. The molecule has 1 aromatic rings. The van der Waals surface area contributed by atoms with Gasteiger partial charge in [0.1, 0.15) is 12.4 Å². The van der Waals surface area contributed by atoms with E-state index in [0.29, 0.717) is 19.5 Å². The summed E-state index contributed by atoms with van der Waals surface area (Å²) < 4.78 is 22.2. The van der Waals surface area contributed by atoms with Crippen LogP contribution in [0.3, 0.4) is 0 Å². The molecule has 2 unspecified atom stereocenters. The Morgan fingerprint density at radius 2 is 2.13 bits per heavy atom. The van der Waals surface area contributed by atoms with E-state index < -0.39 is 0 Å². The highest BCUT2D eigenvalue weighted by molar-refractivity contribution is 5.46. The second-order valence-electron chi connectivity index (χ2n) is 6.35. The lowest BCUT2D eigenvalue weighted by Gasteiger charge is -2.07. The maximum absolute atomic E-state index is 5.80. The summed E-state index contributed by atoms with van der Waals surface area (Å²) in [7, 11) is 0. The molecule has 126 valence electrons. The van der Waals surface area contributed by atoms with Gasteiger partial charge < -0.3 is 18.9 Å². The van der Waals surface area contributed by atoms with Crippen LogP contribution in [-0.2, 0) is 4.74 Å². The van der Waals surface area contributed by atoms with Crippen LogP contribution in [0.15, 0.2) is 29.8 Å². The fourth-order valence-electron chi connectivity index (χ4n) is 2.93. The molecule has 1 saturated heterocycles. The Hall–Kier alpha value is -1.68. The van der Waals surface area contributed by atoms with Gasteiger partial charge in [-0.15, -0.1) is 0 Å². The van der Waals surface area contributed by atoms with E-state index in [1.54, 1.807) is 0 Å².